The maximum atomic E-state index is 9.84. The van der Waals surface area contributed by atoms with Crippen LogP contribution in [0, 0.1) is 0 Å². The first-order valence-corrected chi connectivity index (χ1v) is 14.0. The van der Waals surface area contributed by atoms with Crippen LogP contribution in [0.25, 0.3) is 76.8 Å². The Hall–Kier alpha value is -5.46. The molecule has 8 aromatic carbocycles. The van der Waals surface area contributed by atoms with Crippen LogP contribution in [0.15, 0.2) is 170 Å². The van der Waals surface area contributed by atoms with E-state index in [1.165, 1.54) is 0 Å². The molecule has 196 valence electrons. The molecule has 0 spiro atoms. The Morgan fingerprint density at radius 3 is 1.71 bits per heavy atom. The average Bonchev–Trinajstić information content (AvgIpc) is 3.15. The summed E-state index contributed by atoms with van der Waals surface area (Å²) in [6, 6.07) is 38.9. The highest BCUT2D eigenvalue weighted by Gasteiger charge is 2.19. The second-order valence-corrected chi connectivity index (χ2v) is 10.3. The molecule has 8 rings (SSSR count). The zero-order valence-corrected chi connectivity index (χ0v) is 22.6. The average molecular weight is 540 g/mol. The molecule has 0 saturated carbocycles. The van der Waals surface area contributed by atoms with Crippen LogP contribution >= 0.6 is 0 Å². The van der Waals surface area contributed by atoms with Crippen LogP contribution < -0.4 is 0 Å². The Morgan fingerprint density at radius 2 is 0.929 bits per heavy atom. The van der Waals surface area contributed by atoms with Crippen LogP contribution in [0.1, 0.15) is 9.60 Å². The van der Waals surface area contributed by atoms with Crippen molar-refractivity contribution < 1.29 is 9.60 Å². The molecule has 0 unspecified atom stereocenters. The van der Waals surface area contributed by atoms with Gasteiger partial charge in [-0.25, -0.2) is 0 Å². The maximum absolute atomic E-state index is 9.84. The lowest BCUT2D eigenvalue weighted by Gasteiger charge is -2.20. The zero-order chi connectivity index (χ0) is 34.0. The van der Waals surface area contributed by atoms with Crippen molar-refractivity contribution in [2.24, 2.45) is 0 Å². The lowest BCUT2D eigenvalue weighted by Crippen LogP contribution is -1.93. The summed E-state index contributed by atoms with van der Waals surface area (Å²) in [5.74, 6) is 0. The number of hydrogen-bond donors (Lipinski definition) is 0. The largest absolute Gasteiger partial charge is 0.0636 e. The molecule has 0 fully saturated rings. The molecular formula is C42H28. The normalized spacial score (nSPS) is 13.7. The van der Waals surface area contributed by atoms with E-state index in [0.29, 0.717) is 44.2 Å². The standard InChI is InChI=1S/C42H28/c1-3-13-29(14-4-1)32-19-11-20-34(27-32)41-37-22-9-10-23-38(37)42(36-24-12-18-31-17-7-8-21-35(31)36)39-26-25-33(28-40(39)41)30-15-5-2-6-16-30/h1-28H/i9D,10D,22D,23D,25D,26D,28D. The summed E-state index contributed by atoms with van der Waals surface area (Å²) < 4.78 is 65.1. The van der Waals surface area contributed by atoms with Crippen molar-refractivity contribution in [3.63, 3.8) is 0 Å². The summed E-state index contributed by atoms with van der Waals surface area (Å²) in [6.45, 7) is 0. The molecule has 0 nitrogen and oxygen atoms in total. The third kappa shape index (κ3) is 4.08. The maximum Gasteiger partial charge on any atom is 0.0636 e. The molecule has 0 aromatic heterocycles. The fourth-order valence-electron chi connectivity index (χ4n) is 5.95. The first kappa shape index (κ1) is 18.1. The van der Waals surface area contributed by atoms with Crippen LogP contribution in [0.4, 0.5) is 0 Å². The number of benzene rings is 8. The SMILES string of the molecule is [2H]c1c([2H])c([2H])c2c(-c3cccc4ccccc34)c3c([2H])c([2H])c(-c4ccccc4)c([2H])c3c(-c3cccc(-c4ccccc4)c3)c2c1[2H]. The highest BCUT2D eigenvalue weighted by atomic mass is 14.2. The monoisotopic (exact) mass is 539 g/mol. The quantitative estimate of drug-likeness (QED) is 0.195. The molecule has 8 aromatic rings. The van der Waals surface area contributed by atoms with E-state index in [0.717, 1.165) is 21.9 Å². The zero-order valence-electron chi connectivity index (χ0n) is 29.6. The minimum atomic E-state index is -0.382. The van der Waals surface area contributed by atoms with E-state index in [4.69, 9.17) is 2.74 Å². The van der Waals surface area contributed by atoms with Crippen molar-refractivity contribution >= 4 is 32.3 Å². The Labute approximate surface area is 256 Å². The molecule has 42 heavy (non-hydrogen) atoms. The summed E-state index contributed by atoms with van der Waals surface area (Å²) in [7, 11) is 0. The molecule has 0 saturated heterocycles. The van der Waals surface area contributed by atoms with E-state index in [2.05, 4.69) is 0 Å². The van der Waals surface area contributed by atoms with Crippen LogP contribution in [-0.2, 0) is 0 Å². The minimum absolute atomic E-state index is 0.0260. The van der Waals surface area contributed by atoms with Gasteiger partial charge < -0.3 is 0 Å². The van der Waals surface area contributed by atoms with Crippen molar-refractivity contribution in [1.82, 2.24) is 0 Å². The van der Waals surface area contributed by atoms with Gasteiger partial charge in [-0.15, -0.1) is 0 Å². The topological polar surface area (TPSA) is 0 Å². The van der Waals surface area contributed by atoms with Gasteiger partial charge in [-0.05, 0) is 88.9 Å². The van der Waals surface area contributed by atoms with Gasteiger partial charge in [0.1, 0.15) is 0 Å². The molecule has 0 N–H and O–H groups in total. The van der Waals surface area contributed by atoms with Crippen molar-refractivity contribution in [2.75, 3.05) is 0 Å². The summed E-state index contributed by atoms with van der Waals surface area (Å²) in [4.78, 5) is 0. The molecule has 0 heteroatoms. The predicted molar refractivity (Wildman–Crippen MR) is 181 cm³/mol. The molecule has 0 aliphatic heterocycles. The predicted octanol–water partition coefficient (Wildman–Crippen LogP) is 11.8. The highest BCUT2D eigenvalue weighted by Crippen LogP contribution is 2.46. The molecule has 0 amide bonds. The summed E-state index contributed by atoms with van der Waals surface area (Å²) >= 11 is 0. The van der Waals surface area contributed by atoms with Crippen molar-refractivity contribution in [2.45, 2.75) is 0 Å². The molecule has 0 bridgehead atoms. The Bertz CT molecular complexity index is 2610. The summed E-state index contributed by atoms with van der Waals surface area (Å²) in [6.07, 6.45) is 0. The lowest BCUT2D eigenvalue weighted by molar-refractivity contribution is 1.61. The van der Waals surface area contributed by atoms with E-state index in [1.807, 2.05) is 127 Å². The van der Waals surface area contributed by atoms with Gasteiger partial charge in [0.25, 0.3) is 0 Å². The van der Waals surface area contributed by atoms with E-state index in [9.17, 15) is 6.85 Å². The van der Waals surface area contributed by atoms with E-state index in [-0.39, 0.29) is 53.1 Å². The molecule has 0 aliphatic carbocycles. The first-order chi connectivity index (χ1) is 23.8. The van der Waals surface area contributed by atoms with Crippen LogP contribution in [0.5, 0.6) is 0 Å². The van der Waals surface area contributed by atoms with Gasteiger partial charge in [-0.2, -0.15) is 0 Å². The van der Waals surface area contributed by atoms with Gasteiger partial charge >= 0.3 is 0 Å². The van der Waals surface area contributed by atoms with Crippen LogP contribution in [0.2, 0.25) is 0 Å². The summed E-state index contributed by atoms with van der Waals surface area (Å²) in [5.41, 5.74) is 4.96. The van der Waals surface area contributed by atoms with Gasteiger partial charge in [0, 0.05) is 0 Å². The van der Waals surface area contributed by atoms with Crippen molar-refractivity contribution in [1.29, 1.82) is 0 Å². The molecular weight excluding hydrogens is 504 g/mol. The Balaban J connectivity index is 1.68. The third-order valence-corrected chi connectivity index (χ3v) is 7.88. The van der Waals surface area contributed by atoms with Gasteiger partial charge in [-0.1, -0.05) is 158 Å². The van der Waals surface area contributed by atoms with Crippen LogP contribution in [0.3, 0.4) is 0 Å². The van der Waals surface area contributed by atoms with E-state index < -0.39 is 0 Å². The van der Waals surface area contributed by atoms with E-state index in [1.54, 1.807) is 0 Å². The van der Waals surface area contributed by atoms with Crippen LogP contribution in [-0.4, -0.2) is 0 Å². The molecule has 0 heterocycles. The summed E-state index contributed by atoms with van der Waals surface area (Å²) in [5, 5.41) is 2.97. The molecule has 0 atom stereocenters. The fourth-order valence-corrected chi connectivity index (χ4v) is 5.95. The second kappa shape index (κ2) is 10.2. The van der Waals surface area contributed by atoms with Gasteiger partial charge in [0.2, 0.25) is 0 Å². The smallest absolute Gasteiger partial charge is 0.0622 e. The van der Waals surface area contributed by atoms with Crippen molar-refractivity contribution in [3.05, 3.63) is 170 Å². The van der Waals surface area contributed by atoms with Crippen molar-refractivity contribution in [3.8, 4) is 44.5 Å². The molecule has 0 radical (unpaired) electrons. The Morgan fingerprint density at radius 1 is 0.357 bits per heavy atom. The number of fused-ring (bicyclic) bond motifs is 3. The third-order valence-electron chi connectivity index (χ3n) is 7.88. The first-order valence-electron chi connectivity index (χ1n) is 17.5. The minimum Gasteiger partial charge on any atom is -0.0622 e. The van der Waals surface area contributed by atoms with Gasteiger partial charge in [-0.3, -0.25) is 0 Å². The number of hydrogen-bond acceptors (Lipinski definition) is 0. The van der Waals surface area contributed by atoms with Gasteiger partial charge in [0.05, 0.1) is 9.60 Å². The molecule has 0 aliphatic rings. The number of rotatable bonds is 4. The second-order valence-electron chi connectivity index (χ2n) is 10.3. The Kier molecular flexibility index (Phi) is 4.38. The van der Waals surface area contributed by atoms with Gasteiger partial charge in [0.15, 0.2) is 0 Å². The lowest BCUT2D eigenvalue weighted by atomic mass is 9.83. The fraction of sp³-hybridized carbons (Fsp3) is 0. The highest BCUT2D eigenvalue weighted by molar-refractivity contribution is 6.24. The van der Waals surface area contributed by atoms with E-state index >= 15 is 0 Å².